The summed E-state index contributed by atoms with van der Waals surface area (Å²) in [6.45, 7) is 3.81. The Kier molecular flexibility index (Phi) is 5.59. The molecule has 2 aromatic heterocycles. The van der Waals surface area contributed by atoms with E-state index in [-0.39, 0.29) is 12.7 Å². The molecule has 1 saturated heterocycles. The van der Waals surface area contributed by atoms with Gasteiger partial charge in [-0.25, -0.2) is 9.97 Å². The first kappa shape index (κ1) is 20.0. The van der Waals surface area contributed by atoms with Gasteiger partial charge >= 0.3 is 0 Å². The Labute approximate surface area is 185 Å². The smallest absolute Gasteiger partial charge is 0.231 e. The minimum Gasteiger partial charge on any atom is -0.454 e. The Morgan fingerprint density at radius 3 is 2.77 bits per heavy atom. The van der Waals surface area contributed by atoms with E-state index in [1.165, 1.54) is 0 Å². The Morgan fingerprint density at radius 1 is 1.13 bits per heavy atom. The van der Waals surface area contributed by atoms with E-state index in [0.717, 1.165) is 65.8 Å². The molecule has 4 heterocycles. The van der Waals surface area contributed by atoms with Crippen LogP contribution in [0.25, 0.3) is 11.3 Å². The predicted molar refractivity (Wildman–Crippen MR) is 120 cm³/mol. The predicted octanol–water partition coefficient (Wildman–Crippen LogP) is 4.58. The van der Waals surface area contributed by atoms with Crippen LogP contribution in [-0.2, 0) is 11.2 Å². The minimum absolute atomic E-state index is 0.209. The Bertz CT molecular complexity index is 1080. The maximum Gasteiger partial charge on any atom is 0.231 e. The lowest BCUT2D eigenvalue weighted by Gasteiger charge is -2.31. The van der Waals surface area contributed by atoms with Crippen molar-refractivity contribution in [1.29, 1.82) is 0 Å². The molecule has 0 saturated carbocycles. The largest absolute Gasteiger partial charge is 0.454 e. The molecule has 31 heavy (non-hydrogen) atoms. The van der Waals surface area contributed by atoms with Gasteiger partial charge in [-0.05, 0) is 61.4 Å². The van der Waals surface area contributed by atoms with Crippen LogP contribution in [0.15, 0.2) is 41.1 Å². The molecule has 0 atom stereocenters. The van der Waals surface area contributed by atoms with E-state index in [9.17, 15) is 4.79 Å². The van der Waals surface area contributed by atoms with Gasteiger partial charge in [0.2, 0.25) is 12.7 Å². The third-order valence-corrected chi connectivity index (χ3v) is 6.65. The number of hydrogen-bond donors (Lipinski definition) is 0. The summed E-state index contributed by atoms with van der Waals surface area (Å²) in [6, 6.07) is 10.0. The first-order chi connectivity index (χ1) is 15.2. The van der Waals surface area contributed by atoms with E-state index in [0.29, 0.717) is 18.8 Å². The van der Waals surface area contributed by atoms with Crippen LogP contribution < -0.4 is 9.47 Å². The average Bonchev–Trinajstić information content (AvgIpc) is 3.49. The summed E-state index contributed by atoms with van der Waals surface area (Å²) in [7, 11) is 0. The zero-order valence-corrected chi connectivity index (χ0v) is 18.4. The lowest BCUT2D eigenvalue weighted by Crippen LogP contribution is -2.38. The number of aromatic nitrogens is 2. The standard InChI is InChI=1S/C24H25N3O3S/c1-16-12-20(19-8-11-31-14-19)26-24(25-16)18-6-9-27(10-7-18)23(28)5-3-17-2-4-21-22(13-17)30-15-29-21/h2,4,8,11-14,18H,3,5-7,9-10,15H2,1H3. The first-order valence-electron chi connectivity index (χ1n) is 10.7. The summed E-state index contributed by atoms with van der Waals surface area (Å²) in [5.41, 5.74) is 4.23. The number of nitrogens with zero attached hydrogens (tertiary/aromatic N) is 3. The number of amides is 1. The number of fused-ring (bicyclic) bond motifs is 1. The maximum atomic E-state index is 12.8. The summed E-state index contributed by atoms with van der Waals surface area (Å²) in [5.74, 6) is 2.97. The third-order valence-electron chi connectivity index (χ3n) is 5.97. The van der Waals surface area contributed by atoms with Gasteiger partial charge in [-0.2, -0.15) is 11.3 Å². The molecule has 7 heteroatoms. The van der Waals surface area contributed by atoms with Gasteiger partial charge in [0, 0.05) is 42.1 Å². The first-order valence-corrected chi connectivity index (χ1v) is 11.6. The molecule has 3 aromatic rings. The van der Waals surface area contributed by atoms with Gasteiger partial charge in [0.25, 0.3) is 0 Å². The van der Waals surface area contributed by atoms with Crippen molar-refractivity contribution in [2.45, 2.75) is 38.5 Å². The molecule has 6 nitrogen and oxygen atoms in total. The third kappa shape index (κ3) is 4.42. The Balaban J connectivity index is 1.17. The van der Waals surface area contributed by atoms with E-state index >= 15 is 0 Å². The van der Waals surface area contributed by atoms with Gasteiger partial charge in [0.05, 0.1) is 5.69 Å². The summed E-state index contributed by atoms with van der Waals surface area (Å²) in [5, 5.41) is 4.19. The topological polar surface area (TPSA) is 64.6 Å². The molecule has 5 rings (SSSR count). The highest BCUT2D eigenvalue weighted by molar-refractivity contribution is 7.08. The van der Waals surface area contributed by atoms with Crippen molar-refractivity contribution in [3.63, 3.8) is 0 Å². The van der Waals surface area contributed by atoms with Crippen LogP contribution in [0.4, 0.5) is 0 Å². The zero-order valence-electron chi connectivity index (χ0n) is 17.5. The van der Waals surface area contributed by atoms with E-state index in [2.05, 4.69) is 16.8 Å². The van der Waals surface area contributed by atoms with Crippen molar-refractivity contribution in [2.24, 2.45) is 0 Å². The molecule has 0 N–H and O–H groups in total. The SMILES string of the molecule is Cc1cc(-c2ccsc2)nc(C2CCN(C(=O)CCc3ccc4c(c3)OCO4)CC2)n1. The number of thiophene rings is 1. The molecule has 0 radical (unpaired) electrons. The van der Waals surface area contributed by atoms with E-state index in [4.69, 9.17) is 19.4 Å². The van der Waals surface area contributed by atoms with Gasteiger partial charge < -0.3 is 14.4 Å². The molecule has 160 valence electrons. The lowest BCUT2D eigenvalue weighted by molar-refractivity contribution is -0.132. The normalized spacial score (nSPS) is 16.0. The summed E-state index contributed by atoms with van der Waals surface area (Å²) in [6.07, 6.45) is 3.03. The molecule has 2 aliphatic rings. The fourth-order valence-electron chi connectivity index (χ4n) is 4.23. The van der Waals surface area contributed by atoms with Gasteiger partial charge in [0.15, 0.2) is 11.5 Å². The molecule has 0 spiro atoms. The number of piperidine rings is 1. The molecule has 1 amide bonds. The molecule has 1 fully saturated rings. The van der Waals surface area contributed by atoms with Crippen LogP contribution in [-0.4, -0.2) is 40.7 Å². The number of carbonyl (C=O) groups excluding carboxylic acids is 1. The molecule has 0 bridgehead atoms. The highest BCUT2D eigenvalue weighted by Crippen LogP contribution is 2.33. The molecule has 0 unspecified atom stereocenters. The molecule has 0 aliphatic carbocycles. The number of rotatable bonds is 5. The second-order valence-corrected chi connectivity index (χ2v) is 8.89. The number of hydrogen-bond acceptors (Lipinski definition) is 6. The van der Waals surface area contributed by atoms with Crippen molar-refractivity contribution in [2.75, 3.05) is 19.9 Å². The second-order valence-electron chi connectivity index (χ2n) is 8.11. The Morgan fingerprint density at radius 2 is 1.97 bits per heavy atom. The molecular weight excluding hydrogens is 410 g/mol. The highest BCUT2D eigenvalue weighted by atomic mass is 32.1. The van der Waals surface area contributed by atoms with E-state index < -0.39 is 0 Å². The van der Waals surface area contributed by atoms with Crippen molar-refractivity contribution in [1.82, 2.24) is 14.9 Å². The quantitative estimate of drug-likeness (QED) is 0.587. The van der Waals surface area contributed by atoms with Crippen LogP contribution >= 0.6 is 11.3 Å². The van der Waals surface area contributed by atoms with Crippen molar-refractivity contribution >= 4 is 17.2 Å². The number of ether oxygens (including phenoxy) is 2. The van der Waals surface area contributed by atoms with Crippen LogP contribution in [0.1, 0.15) is 42.3 Å². The van der Waals surface area contributed by atoms with Crippen LogP contribution in [0, 0.1) is 6.92 Å². The van der Waals surface area contributed by atoms with Crippen molar-refractivity contribution < 1.29 is 14.3 Å². The van der Waals surface area contributed by atoms with Gasteiger partial charge in [0.1, 0.15) is 5.82 Å². The highest BCUT2D eigenvalue weighted by Gasteiger charge is 2.26. The number of benzene rings is 1. The molecule has 1 aromatic carbocycles. The van der Waals surface area contributed by atoms with E-state index in [1.54, 1.807) is 11.3 Å². The van der Waals surface area contributed by atoms with Crippen molar-refractivity contribution in [3.8, 4) is 22.8 Å². The lowest BCUT2D eigenvalue weighted by atomic mass is 9.95. The second kappa shape index (κ2) is 8.67. The maximum absolute atomic E-state index is 12.8. The fourth-order valence-corrected chi connectivity index (χ4v) is 4.87. The van der Waals surface area contributed by atoms with Crippen LogP contribution in [0.5, 0.6) is 11.5 Å². The van der Waals surface area contributed by atoms with Crippen LogP contribution in [0.3, 0.4) is 0 Å². The molecule has 2 aliphatic heterocycles. The number of carbonyl (C=O) groups is 1. The van der Waals surface area contributed by atoms with Gasteiger partial charge in [-0.3, -0.25) is 4.79 Å². The van der Waals surface area contributed by atoms with Gasteiger partial charge in [-0.15, -0.1) is 0 Å². The zero-order chi connectivity index (χ0) is 21.2. The fraction of sp³-hybridized carbons (Fsp3) is 0.375. The van der Waals surface area contributed by atoms with Crippen molar-refractivity contribution in [3.05, 3.63) is 58.2 Å². The van der Waals surface area contributed by atoms with E-state index in [1.807, 2.05) is 36.1 Å². The number of aryl methyl sites for hydroxylation is 2. The average molecular weight is 436 g/mol. The minimum atomic E-state index is 0.209. The molecular formula is C24H25N3O3S. The summed E-state index contributed by atoms with van der Waals surface area (Å²) < 4.78 is 10.8. The Hall–Kier alpha value is -2.93. The summed E-state index contributed by atoms with van der Waals surface area (Å²) in [4.78, 5) is 24.3. The van der Waals surface area contributed by atoms with Crippen LogP contribution in [0.2, 0.25) is 0 Å². The van der Waals surface area contributed by atoms with Gasteiger partial charge in [-0.1, -0.05) is 6.07 Å². The monoisotopic (exact) mass is 435 g/mol. The summed E-state index contributed by atoms with van der Waals surface area (Å²) >= 11 is 1.68. The number of likely N-dealkylation sites (tertiary alicyclic amines) is 1.